The van der Waals surface area contributed by atoms with Crippen LogP contribution < -0.4 is 0 Å². The van der Waals surface area contributed by atoms with Crippen molar-refractivity contribution in [1.29, 1.82) is 0 Å². The van der Waals surface area contributed by atoms with Crippen molar-refractivity contribution < 1.29 is 25.0 Å². The van der Waals surface area contributed by atoms with Crippen molar-refractivity contribution in [2.75, 3.05) is 0 Å². The molecule has 0 aromatic heterocycles. The molecule has 0 aliphatic rings. The highest BCUT2D eigenvalue weighted by molar-refractivity contribution is 5.67. The van der Waals surface area contributed by atoms with Crippen LogP contribution in [-0.2, 0) is 4.79 Å². The van der Waals surface area contributed by atoms with E-state index in [1.165, 1.54) is 24.3 Å². The molecule has 0 saturated carbocycles. The summed E-state index contributed by atoms with van der Waals surface area (Å²) in [6, 6.07) is 5.32. The minimum atomic E-state index is -1.60. The Morgan fingerprint density at radius 3 is 2.47 bits per heavy atom. The van der Waals surface area contributed by atoms with Gasteiger partial charge in [0.25, 0.3) is 5.69 Å². The highest BCUT2D eigenvalue weighted by atomic mass is 16.6. The molecule has 2 atom stereocenters. The number of aliphatic carboxylic acids is 1. The summed E-state index contributed by atoms with van der Waals surface area (Å²) in [4.78, 5) is 20.3. The quantitative estimate of drug-likeness (QED) is 0.508. The molecule has 0 aliphatic heterocycles. The fraction of sp³-hybridized carbons (Fsp3) is 0.300. The molecule has 7 heteroatoms. The van der Waals surface area contributed by atoms with Crippen molar-refractivity contribution in [3.8, 4) is 0 Å². The third-order valence-electron chi connectivity index (χ3n) is 2.20. The second kappa shape index (κ2) is 5.37. The molecule has 92 valence electrons. The fourth-order valence-corrected chi connectivity index (χ4v) is 1.40. The molecule has 1 rings (SSSR count). The van der Waals surface area contributed by atoms with Crippen molar-refractivity contribution >= 4 is 11.7 Å². The zero-order chi connectivity index (χ0) is 13.0. The van der Waals surface area contributed by atoms with Crippen LogP contribution in [0.4, 0.5) is 5.69 Å². The molecule has 7 nitrogen and oxygen atoms in total. The maximum absolute atomic E-state index is 10.7. The largest absolute Gasteiger partial charge is 0.481 e. The van der Waals surface area contributed by atoms with E-state index < -0.39 is 29.5 Å². The van der Waals surface area contributed by atoms with Gasteiger partial charge in [-0.3, -0.25) is 14.9 Å². The molecule has 2 unspecified atom stereocenters. The van der Waals surface area contributed by atoms with Gasteiger partial charge in [0.15, 0.2) is 0 Å². The molecule has 0 fully saturated rings. The third-order valence-corrected chi connectivity index (χ3v) is 2.20. The first-order valence-electron chi connectivity index (χ1n) is 4.74. The van der Waals surface area contributed by atoms with Gasteiger partial charge in [0.2, 0.25) is 0 Å². The van der Waals surface area contributed by atoms with Crippen LogP contribution in [0.15, 0.2) is 24.3 Å². The number of nitrogens with zero attached hydrogens (tertiary/aromatic N) is 1. The number of aliphatic hydroxyl groups is 2. The zero-order valence-corrected chi connectivity index (χ0v) is 8.68. The van der Waals surface area contributed by atoms with E-state index in [1.54, 1.807) is 0 Å². The van der Waals surface area contributed by atoms with Crippen molar-refractivity contribution in [3.63, 3.8) is 0 Å². The fourth-order valence-electron chi connectivity index (χ4n) is 1.40. The second-order valence-corrected chi connectivity index (χ2v) is 3.43. The molecule has 0 saturated heterocycles. The monoisotopic (exact) mass is 241 g/mol. The lowest BCUT2D eigenvalue weighted by Gasteiger charge is -2.16. The van der Waals surface area contributed by atoms with Gasteiger partial charge in [-0.2, -0.15) is 0 Å². The Hall–Kier alpha value is -1.99. The molecule has 0 amide bonds. The van der Waals surface area contributed by atoms with Crippen LogP contribution in [0.25, 0.3) is 0 Å². The van der Waals surface area contributed by atoms with E-state index in [1.807, 2.05) is 0 Å². The Morgan fingerprint density at radius 1 is 1.35 bits per heavy atom. The van der Waals surface area contributed by atoms with Gasteiger partial charge in [0.05, 0.1) is 23.0 Å². The number of rotatable bonds is 5. The predicted octanol–water partition coefficient (Wildman–Crippen LogP) is 0.464. The average molecular weight is 241 g/mol. The number of hydrogen-bond acceptors (Lipinski definition) is 5. The van der Waals surface area contributed by atoms with Crippen molar-refractivity contribution in [2.45, 2.75) is 18.6 Å². The summed E-state index contributed by atoms with van der Waals surface area (Å²) in [6.45, 7) is 0. The van der Waals surface area contributed by atoms with Gasteiger partial charge < -0.3 is 15.3 Å². The number of para-hydroxylation sites is 1. The van der Waals surface area contributed by atoms with Gasteiger partial charge >= 0.3 is 5.97 Å². The maximum Gasteiger partial charge on any atom is 0.306 e. The minimum Gasteiger partial charge on any atom is -0.481 e. The van der Waals surface area contributed by atoms with Gasteiger partial charge in [-0.15, -0.1) is 0 Å². The number of hydrogen-bond donors (Lipinski definition) is 3. The lowest BCUT2D eigenvalue weighted by molar-refractivity contribution is -0.386. The molecule has 0 bridgehead atoms. The summed E-state index contributed by atoms with van der Waals surface area (Å²) < 4.78 is 0. The molecular formula is C10H11NO6. The Morgan fingerprint density at radius 2 is 1.94 bits per heavy atom. The van der Waals surface area contributed by atoms with E-state index in [4.69, 9.17) is 5.11 Å². The van der Waals surface area contributed by atoms with Crippen molar-refractivity contribution in [2.24, 2.45) is 0 Å². The minimum absolute atomic E-state index is 0.105. The van der Waals surface area contributed by atoms with Crippen LogP contribution in [0.1, 0.15) is 18.1 Å². The van der Waals surface area contributed by atoms with E-state index in [2.05, 4.69) is 0 Å². The highest BCUT2D eigenvalue weighted by Gasteiger charge is 2.27. The van der Waals surface area contributed by atoms with Gasteiger partial charge in [0, 0.05) is 6.07 Å². The average Bonchev–Trinajstić information content (AvgIpc) is 2.27. The van der Waals surface area contributed by atoms with Gasteiger partial charge in [0.1, 0.15) is 6.10 Å². The summed E-state index contributed by atoms with van der Waals surface area (Å²) >= 11 is 0. The summed E-state index contributed by atoms with van der Waals surface area (Å²) in [5.41, 5.74) is -0.462. The normalized spacial score (nSPS) is 14.0. The Labute approximate surface area is 96.1 Å². The van der Waals surface area contributed by atoms with Crippen LogP contribution in [0.3, 0.4) is 0 Å². The van der Waals surface area contributed by atoms with Crippen LogP contribution in [0, 0.1) is 10.1 Å². The van der Waals surface area contributed by atoms with E-state index >= 15 is 0 Å². The number of nitro groups is 1. The Bertz CT molecular complexity index is 433. The van der Waals surface area contributed by atoms with Crippen LogP contribution in [0.2, 0.25) is 0 Å². The Kier molecular flexibility index (Phi) is 4.13. The first-order valence-corrected chi connectivity index (χ1v) is 4.74. The Balaban J connectivity index is 2.99. The standard InChI is InChI=1S/C10H11NO6/c12-8(5-9(13)14)10(15)6-3-1-2-4-7(6)11(16)17/h1-4,8,10,12,15H,5H2,(H,13,14). The number of benzene rings is 1. The van der Waals surface area contributed by atoms with E-state index in [-0.39, 0.29) is 11.3 Å². The lowest BCUT2D eigenvalue weighted by Crippen LogP contribution is -2.22. The zero-order valence-electron chi connectivity index (χ0n) is 8.68. The molecule has 0 radical (unpaired) electrons. The lowest BCUT2D eigenvalue weighted by atomic mass is 10.0. The topological polar surface area (TPSA) is 121 Å². The molecule has 0 aliphatic carbocycles. The van der Waals surface area contributed by atoms with Crippen LogP contribution >= 0.6 is 0 Å². The van der Waals surface area contributed by atoms with Gasteiger partial charge in [-0.05, 0) is 6.07 Å². The number of carboxylic acids is 1. The molecule has 1 aromatic rings. The van der Waals surface area contributed by atoms with Gasteiger partial charge in [-0.25, -0.2) is 0 Å². The van der Waals surface area contributed by atoms with Gasteiger partial charge in [-0.1, -0.05) is 12.1 Å². The van der Waals surface area contributed by atoms with Crippen molar-refractivity contribution in [3.05, 3.63) is 39.9 Å². The number of aliphatic hydroxyl groups excluding tert-OH is 2. The van der Waals surface area contributed by atoms with E-state index in [0.717, 1.165) is 0 Å². The smallest absolute Gasteiger partial charge is 0.306 e. The summed E-state index contributed by atoms with van der Waals surface area (Å²) in [5.74, 6) is -1.30. The maximum atomic E-state index is 10.7. The SMILES string of the molecule is O=C(O)CC(O)C(O)c1ccccc1[N+](=O)[O-]. The van der Waals surface area contributed by atoms with Crippen molar-refractivity contribution in [1.82, 2.24) is 0 Å². The highest BCUT2D eigenvalue weighted by Crippen LogP contribution is 2.27. The summed E-state index contributed by atoms with van der Waals surface area (Å²) in [7, 11) is 0. The predicted molar refractivity (Wildman–Crippen MR) is 56.3 cm³/mol. The van der Waals surface area contributed by atoms with E-state index in [9.17, 15) is 25.1 Å². The van der Waals surface area contributed by atoms with Crippen LogP contribution in [-0.4, -0.2) is 32.3 Å². The molecule has 17 heavy (non-hydrogen) atoms. The van der Waals surface area contributed by atoms with Crippen LogP contribution in [0.5, 0.6) is 0 Å². The molecule has 1 aromatic carbocycles. The summed E-state index contributed by atoms with van der Waals surface area (Å²) in [5, 5.41) is 38.2. The molecule has 0 spiro atoms. The third kappa shape index (κ3) is 3.23. The second-order valence-electron chi connectivity index (χ2n) is 3.43. The molecule has 0 heterocycles. The number of carboxylic acid groups (broad SMARTS) is 1. The number of carbonyl (C=O) groups is 1. The summed E-state index contributed by atoms with van der Waals surface area (Å²) in [6.07, 6.45) is -3.88. The van der Waals surface area contributed by atoms with E-state index in [0.29, 0.717) is 0 Å². The molecular weight excluding hydrogens is 230 g/mol. The first-order chi connectivity index (χ1) is 7.93. The first kappa shape index (κ1) is 13.1. The number of nitro benzene ring substituents is 1. The molecule has 3 N–H and O–H groups in total.